The number of likely N-dealkylation sites (tertiary alicyclic amines) is 1. The molecular weight excluding hydrogens is 381 g/mol. The summed E-state index contributed by atoms with van der Waals surface area (Å²) in [6, 6.07) is 8.05. The summed E-state index contributed by atoms with van der Waals surface area (Å²) in [5.74, 6) is 1.27. The van der Waals surface area contributed by atoms with Gasteiger partial charge in [-0.15, -0.1) is 0 Å². The Kier molecular flexibility index (Phi) is 6.14. The number of nitrogens with zero attached hydrogens (tertiary/aromatic N) is 1. The molecule has 0 atom stereocenters. The maximum absolute atomic E-state index is 11.9. The largest absolute Gasteiger partial charge is 0.490 e. The number of carbonyl (C=O) groups is 1. The van der Waals surface area contributed by atoms with Gasteiger partial charge in [-0.1, -0.05) is 13.8 Å². The molecular formula is C16H22INO3. The number of piperidine rings is 1. The molecule has 1 aliphatic rings. The fourth-order valence-corrected chi connectivity index (χ4v) is 2.55. The van der Waals surface area contributed by atoms with E-state index >= 15 is 0 Å². The minimum absolute atomic E-state index is 0.180. The third-order valence-corrected chi connectivity index (χ3v) is 4.08. The molecule has 0 bridgehead atoms. The molecule has 0 aliphatic carbocycles. The van der Waals surface area contributed by atoms with E-state index in [9.17, 15) is 4.79 Å². The lowest BCUT2D eigenvalue weighted by atomic mass is 10.1. The summed E-state index contributed by atoms with van der Waals surface area (Å²) in [5, 5.41) is 0. The molecule has 21 heavy (non-hydrogen) atoms. The number of hydrogen-bond donors (Lipinski definition) is 0. The number of benzene rings is 1. The summed E-state index contributed by atoms with van der Waals surface area (Å²) < 4.78 is 12.4. The molecule has 1 saturated heterocycles. The highest BCUT2D eigenvalue weighted by Gasteiger charge is 2.24. The minimum atomic E-state index is -0.198. The summed E-state index contributed by atoms with van der Waals surface area (Å²) in [6.07, 6.45) is 1.68. The first kappa shape index (κ1) is 16.4. The van der Waals surface area contributed by atoms with Crippen LogP contribution in [0, 0.1) is 9.49 Å². The van der Waals surface area contributed by atoms with Crippen LogP contribution < -0.4 is 4.74 Å². The fraction of sp³-hybridized carbons (Fsp3) is 0.562. The summed E-state index contributed by atoms with van der Waals surface area (Å²) in [7, 11) is 0. The zero-order valence-corrected chi connectivity index (χ0v) is 14.7. The summed E-state index contributed by atoms with van der Waals surface area (Å²) >= 11 is 2.28. The van der Waals surface area contributed by atoms with Crippen molar-refractivity contribution in [2.45, 2.75) is 32.8 Å². The van der Waals surface area contributed by atoms with Crippen LogP contribution >= 0.6 is 22.6 Å². The monoisotopic (exact) mass is 403 g/mol. The number of hydrogen-bond acceptors (Lipinski definition) is 3. The van der Waals surface area contributed by atoms with Gasteiger partial charge in [0, 0.05) is 29.5 Å². The Hall–Kier alpha value is -0.980. The van der Waals surface area contributed by atoms with Crippen molar-refractivity contribution in [1.82, 2.24) is 4.90 Å². The second kappa shape index (κ2) is 7.87. The Labute approximate surface area is 139 Å². The first-order valence-corrected chi connectivity index (χ1v) is 8.46. The van der Waals surface area contributed by atoms with Gasteiger partial charge in [-0.3, -0.25) is 0 Å². The average Bonchev–Trinajstić information content (AvgIpc) is 2.48. The molecule has 4 nitrogen and oxygen atoms in total. The molecule has 0 N–H and O–H groups in total. The van der Waals surface area contributed by atoms with Crippen LogP contribution in [-0.2, 0) is 4.74 Å². The predicted molar refractivity (Wildman–Crippen MR) is 90.6 cm³/mol. The van der Waals surface area contributed by atoms with Gasteiger partial charge in [0.05, 0.1) is 6.61 Å². The van der Waals surface area contributed by atoms with E-state index in [1.165, 1.54) is 3.57 Å². The standard InChI is InChI=1S/C16H22INO3/c1-12(2)11-20-16(19)18-9-7-15(8-10-18)21-14-5-3-13(17)4-6-14/h3-6,12,15H,7-11H2,1-2H3. The summed E-state index contributed by atoms with van der Waals surface area (Å²) in [6.45, 7) is 5.96. The van der Waals surface area contributed by atoms with Gasteiger partial charge in [-0.2, -0.15) is 0 Å². The van der Waals surface area contributed by atoms with Gasteiger partial charge >= 0.3 is 6.09 Å². The zero-order valence-electron chi connectivity index (χ0n) is 12.5. The molecule has 1 aliphatic heterocycles. The molecule has 0 spiro atoms. The van der Waals surface area contributed by atoms with Crippen molar-refractivity contribution >= 4 is 28.7 Å². The average molecular weight is 403 g/mol. The van der Waals surface area contributed by atoms with Crippen molar-refractivity contribution in [3.05, 3.63) is 27.8 Å². The van der Waals surface area contributed by atoms with Crippen molar-refractivity contribution in [2.75, 3.05) is 19.7 Å². The lowest BCUT2D eigenvalue weighted by Crippen LogP contribution is -2.42. The van der Waals surface area contributed by atoms with Gasteiger partial charge in [-0.05, 0) is 52.8 Å². The van der Waals surface area contributed by atoms with E-state index in [0.717, 1.165) is 18.6 Å². The van der Waals surface area contributed by atoms with Crippen LogP contribution in [0.1, 0.15) is 26.7 Å². The Balaban J connectivity index is 1.75. The van der Waals surface area contributed by atoms with E-state index in [1.807, 2.05) is 38.1 Å². The molecule has 0 aromatic heterocycles. The van der Waals surface area contributed by atoms with Gasteiger partial charge in [-0.25, -0.2) is 4.79 Å². The lowest BCUT2D eigenvalue weighted by molar-refractivity contribution is 0.0618. The third-order valence-electron chi connectivity index (χ3n) is 3.36. The summed E-state index contributed by atoms with van der Waals surface area (Å²) in [4.78, 5) is 13.6. The van der Waals surface area contributed by atoms with Crippen LogP contribution in [0.3, 0.4) is 0 Å². The minimum Gasteiger partial charge on any atom is -0.490 e. The number of carbonyl (C=O) groups excluding carboxylic acids is 1. The van der Waals surface area contributed by atoms with E-state index in [2.05, 4.69) is 22.6 Å². The second-order valence-corrected chi connectivity index (χ2v) is 6.97. The summed E-state index contributed by atoms with van der Waals surface area (Å²) in [5.41, 5.74) is 0. The molecule has 1 fully saturated rings. The smallest absolute Gasteiger partial charge is 0.409 e. The topological polar surface area (TPSA) is 38.8 Å². The van der Waals surface area contributed by atoms with Crippen molar-refractivity contribution in [3.8, 4) is 5.75 Å². The highest BCUT2D eigenvalue weighted by atomic mass is 127. The SMILES string of the molecule is CC(C)COC(=O)N1CCC(Oc2ccc(I)cc2)CC1. The van der Waals surface area contributed by atoms with E-state index in [-0.39, 0.29) is 12.2 Å². The molecule has 1 amide bonds. The molecule has 1 aromatic rings. The first-order valence-electron chi connectivity index (χ1n) is 7.38. The number of ether oxygens (including phenoxy) is 2. The molecule has 116 valence electrons. The highest BCUT2D eigenvalue weighted by Crippen LogP contribution is 2.20. The molecule has 0 radical (unpaired) electrons. The number of halogens is 1. The van der Waals surface area contributed by atoms with Crippen molar-refractivity contribution < 1.29 is 14.3 Å². The quantitative estimate of drug-likeness (QED) is 0.716. The van der Waals surface area contributed by atoms with Gasteiger partial charge < -0.3 is 14.4 Å². The van der Waals surface area contributed by atoms with E-state index in [1.54, 1.807) is 4.90 Å². The molecule has 1 heterocycles. The van der Waals surface area contributed by atoms with E-state index in [0.29, 0.717) is 25.6 Å². The maximum Gasteiger partial charge on any atom is 0.409 e. The van der Waals surface area contributed by atoms with Gasteiger partial charge in [0.1, 0.15) is 11.9 Å². The lowest BCUT2D eigenvalue weighted by Gasteiger charge is -2.31. The third kappa shape index (κ3) is 5.37. The number of amides is 1. The van der Waals surface area contributed by atoms with E-state index < -0.39 is 0 Å². The Morgan fingerprint density at radius 3 is 2.48 bits per heavy atom. The number of rotatable bonds is 4. The van der Waals surface area contributed by atoms with Gasteiger partial charge in [0.15, 0.2) is 0 Å². The Morgan fingerprint density at radius 1 is 1.29 bits per heavy atom. The maximum atomic E-state index is 11.9. The van der Waals surface area contributed by atoms with Crippen LogP contribution in [0.4, 0.5) is 4.79 Å². The first-order chi connectivity index (χ1) is 10.0. The van der Waals surface area contributed by atoms with Crippen LogP contribution in [0.15, 0.2) is 24.3 Å². The van der Waals surface area contributed by atoms with Crippen molar-refractivity contribution in [1.29, 1.82) is 0 Å². The molecule has 1 aromatic carbocycles. The van der Waals surface area contributed by atoms with E-state index in [4.69, 9.17) is 9.47 Å². The van der Waals surface area contributed by atoms with Gasteiger partial charge in [0.2, 0.25) is 0 Å². The molecule has 5 heteroatoms. The van der Waals surface area contributed by atoms with Crippen molar-refractivity contribution in [3.63, 3.8) is 0 Å². The molecule has 2 rings (SSSR count). The van der Waals surface area contributed by atoms with Gasteiger partial charge in [0.25, 0.3) is 0 Å². The van der Waals surface area contributed by atoms with Crippen LogP contribution in [0.25, 0.3) is 0 Å². The Morgan fingerprint density at radius 2 is 1.90 bits per heavy atom. The van der Waals surface area contributed by atoms with Crippen LogP contribution in [-0.4, -0.2) is 36.8 Å². The molecule has 0 unspecified atom stereocenters. The normalized spacial score (nSPS) is 16.1. The highest BCUT2D eigenvalue weighted by molar-refractivity contribution is 14.1. The van der Waals surface area contributed by atoms with Crippen LogP contribution in [0.2, 0.25) is 0 Å². The Bertz CT molecular complexity index is 453. The van der Waals surface area contributed by atoms with Crippen molar-refractivity contribution in [2.24, 2.45) is 5.92 Å². The molecule has 0 saturated carbocycles. The predicted octanol–water partition coefficient (Wildman–Crippen LogP) is 3.93. The fourth-order valence-electron chi connectivity index (χ4n) is 2.19. The zero-order chi connectivity index (χ0) is 15.2. The van der Waals surface area contributed by atoms with Crippen LogP contribution in [0.5, 0.6) is 5.75 Å². The second-order valence-electron chi connectivity index (χ2n) is 5.73.